The Morgan fingerprint density at radius 3 is 0.839 bits per heavy atom. The molecule has 1 atom stereocenters. The molecule has 0 amide bonds. The van der Waals surface area contributed by atoms with Crippen LogP contribution >= 0.6 is 0 Å². The molecule has 0 saturated carbocycles. The molecule has 7 nitrogen and oxygen atoms in total. The molecule has 0 aromatic carbocycles. The number of esters is 2. The standard InChI is InChI=1S/C55H104O7/c1-4-7-10-13-16-19-22-25-27-29-31-34-37-40-43-46-51(58)55(54(61)62-53(60)50(57)49-56,48-45-42-39-36-33-24-21-18-15-12-9-6-3)52(59)47-44-41-38-35-32-30-28-26-23-20-17-14-11-8-5-2/h50,56-57H,4-49H2,1-3H3. The number of carbonyl (C=O) groups is 4. The van der Waals surface area contributed by atoms with Gasteiger partial charge >= 0.3 is 11.9 Å². The average molecular weight is 877 g/mol. The molecule has 0 aromatic rings. The first-order valence-corrected chi connectivity index (χ1v) is 27.4. The van der Waals surface area contributed by atoms with Gasteiger partial charge in [0.1, 0.15) is 0 Å². The Labute approximate surface area is 384 Å². The Morgan fingerprint density at radius 1 is 0.371 bits per heavy atom. The molecule has 0 aromatic heterocycles. The first kappa shape index (κ1) is 60.4. The topological polar surface area (TPSA) is 118 Å². The second-order valence-corrected chi connectivity index (χ2v) is 19.2. The largest absolute Gasteiger partial charge is 0.393 e. The lowest BCUT2D eigenvalue weighted by Crippen LogP contribution is -2.49. The SMILES string of the molecule is CCCCCCCCCCCCCCCCCC(=O)C(CCCCCCCCCCCCCC)(C(=O)CCCCCCCCCCCCCCCCC)C(=O)OC(=O)C(O)CO. The second-order valence-electron chi connectivity index (χ2n) is 19.2. The normalized spacial score (nSPS) is 12.2. The number of carbonyl (C=O) groups excluding carboxylic acids is 4. The number of ketones is 2. The Kier molecular flexibility index (Phi) is 44.8. The molecule has 0 bridgehead atoms. The molecule has 0 saturated heterocycles. The third-order valence-corrected chi connectivity index (χ3v) is 13.4. The summed E-state index contributed by atoms with van der Waals surface area (Å²) in [5.41, 5.74) is -2.05. The van der Waals surface area contributed by atoms with E-state index in [1.165, 1.54) is 186 Å². The van der Waals surface area contributed by atoms with Crippen LogP contribution < -0.4 is 0 Å². The zero-order valence-corrected chi connectivity index (χ0v) is 41.5. The first-order chi connectivity index (χ1) is 30.3. The van der Waals surface area contributed by atoms with Gasteiger partial charge in [-0.25, -0.2) is 9.59 Å². The number of unbranched alkanes of at least 4 members (excludes halogenated alkanes) is 39. The molecule has 0 aliphatic rings. The molecule has 0 radical (unpaired) electrons. The van der Waals surface area contributed by atoms with E-state index >= 15 is 0 Å². The minimum Gasteiger partial charge on any atom is -0.393 e. The van der Waals surface area contributed by atoms with Gasteiger partial charge in [0.25, 0.3) is 0 Å². The van der Waals surface area contributed by atoms with Crippen LogP contribution in [0, 0.1) is 5.41 Å². The van der Waals surface area contributed by atoms with Crippen molar-refractivity contribution in [3.05, 3.63) is 0 Å². The number of hydrogen-bond donors (Lipinski definition) is 2. The lowest BCUT2D eigenvalue weighted by Gasteiger charge is -2.29. The fourth-order valence-electron chi connectivity index (χ4n) is 9.06. The van der Waals surface area contributed by atoms with Crippen LogP contribution in [-0.2, 0) is 23.9 Å². The van der Waals surface area contributed by atoms with Gasteiger partial charge in [-0.15, -0.1) is 0 Å². The highest BCUT2D eigenvalue weighted by Gasteiger charge is 2.52. The van der Waals surface area contributed by atoms with E-state index in [0.29, 0.717) is 19.3 Å². The van der Waals surface area contributed by atoms with Crippen molar-refractivity contribution in [2.75, 3.05) is 6.61 Å². The summed E-state index contributed by atoms with van der Waals surface area (Å²) >= 11 is 0. The van der Waals surface area contributed by atoms with Crippen LogP contribution in [0.4, 0.5) is 0 Å². The van der Waals surface area contributed by atoms with E-state index < -0.39 is 41.6 Å². The van der Waals surface area contributed by atoms with Gasteiger partial charge in [-0.1, -0.05) is 278 Å². The molecule has 0 fully saturated rings. The van der Waals surface area contributed by atoms with Crippen molar-refractivity contribution in [1.82, 2.24) is 0 Å². The minimum absolute atomic E-state index is 0.0287. The number of Topliss-reactive ketones (excluding diaryl/α,β-unsaturated/α-hetero) is 2. The highest BCUT2D eigenvalue weighted by atomic mass is 16.6. The van der Waals surface area contributed by atoms with Gasteiger partial charge in [0, 0.05) is 12.8 Å². The predicted octanol–water partition coefficient (Wildman–Crippen LogP) is 16.1. The molecule has 0 rings (SSSR count). The van der Waals surface area contributed by atoms with Gasteiger partial charge < -0.3 is 14.9 Å². The molecule has 0 aliphatic heterocycles. The summed E-state index contributed by atoms with van der Waals surface area (Å²) in [7, 11) is 0. The van der Waals surface area contributed by atoms with Crippen molar-refractivity contribution in [1.29, 1.82) is 0 Å². The molecule has 0 aliphatic carbocycles. The Balaban J connectivity index is 5.22. The molecule has 0 heterocycles. The van der Waals surface area contributed by atoms with Crippen molar-refractivity contribution in [3.63, 3.8) is 0 Å². The van der Waals surface area contributed by atoms with E-state index in [0.717, 1.165) is 64.2 Å². The Morgan fingerprint density at radius 2 is 0.597 bits per heavy atom. The summed E-state index contributed by atoms with van der Waals surface area (Å²) in [4.78, 5) is 55.0. The van der Waals surface area contributed by atoms with Gasteiger partial charge in [0.15, 0.2) is 23.1 Å². The van der Waals surface area contributed by atoms with Gasteiger partial charge in [-0.2, -0.15) is 0 Å². The number of hydrogen-bond acceptors (Lipinski definition) is 7. The Bertz CT molecular complexity index is 979. The predicted molar refractivity (Wildman–Crippen MR) is 261 cm³/mol. The molecule has 62 heavy (non-hydrogen) atoms. The lowest BCUT2D eigenvalue weighted by atomic mass is 9.72. The number of rotatable bonds is 50. The van der Waals surface area contributed by atoms with Crippen LogP contribution in [0.3, 0.4) is 0 Å². The number of aliphatic hydroxyl groups excluding tert-OH is 2. The van der Waals surface area contributed by atoms with Crippen molar-refractivity contribution in [2.45, 2.75) is 316 Å². The van der Waals surface area contributed by atoms with E-state index in [9.17, 15) is 29.4 Å². The van der Waals surface area contributed by atoms with Crippen LogP contribution in [0.1, 0.15) is 310 Å². The summed E-state index contributed by atoms with van der Waals surface area (Å²) in [6.45, 7) is 5.85. The van der Waals surface area contributed by atoms with E-state index in [-0.39, 0.29) is 19.3 Å². The maximum Gasteiger partial charge on any atom is 0.345 e. The van der Waals surface area contributed by atoms with Crippen molar-refractivity contribution in [3.8, 4) is 0 Å². The third-order valence-electron chi connectivity index (χ3n) is 13.4. The summed E-state index contributed by atoms with van der Waals surface area (Å²) in [6.07, 6.45) is 47.8. The first-order valence-electron chi connectivity index (χ1n) is 27.4. The Hall–Kier alpha value is -1.60. The third kappa shape index (κ3) is 33.8. The summed E-state index contributed by atoms with van der Waals surface area (Å²) in [6, 6.07) is 0. The van der Waals surface area contributed by atoms with Crippen LogP contribution in [0.2, 0.25) is 0 Å². The van der Waals surface area contributed by atoms with Crippen LogP contribution in [0.5, 0.6) is 0 Å². The average Bonchev–Trinajstić information content (AvgIpc) is 3.27. The molecule has 7 heteroatoms. The monoisotopic (exact) mass is 877 g/mol. The fraction of sp³-hybridized carbons (Fsp3) is 0.927. The number of ether oxygens (including phenoxy) is 1. The molecule has 366 valence electrons. The van der Waals surface area contributed by atoms with Crippen LogP contribution in [0.25, 0.3) is 0 Å². The maximum atomic E-state index is 14.3. The highest BCUT2D eigenvalue weighted by Crippen LogP contribution is 2.35. The van der Waals surface area contributed by atoms with Crippen molar-refractivity contribution < 1.29 is 34.1 Å². The second kappa shape index (κ2) is 45.9. The number of aliphatic hydroxyl groups is 2. The minimum atomic E-state index is -2.05. The van der Waals surface area contributed by atoms with E-state index in [1.54, 1.807) is 0 Å². The fourth-order valence-corrected chi connectivity index (χ4v) is 9.06. The summed E-state index contributed by atoms with van der Waals surface area (Å²) in [5, 5.41) is 19.3. The lowest BCUT2D eigenvalue weighted by molar-refractivity contribution is -0.176. The van der Waals surface area contributed by atoms with Gasteiger partial charge in [-0.3, -0.25) is 9.59 Å². The van der Waals surface area contributed by atoms with Gasteiger partial charge in [-0.05, 0) is 19.3 Å². The molecule has 0 spiro atoms. The van der Waals surface area contributed by atoms with E-state index in [1.807, 2.05) is 0 Å². The molecular weight excluding hydrogens is 773 g/mol. The van der Waals surface area contributed by atoms with E-state index in [4.69, 9.17) is 4.74 Å². The summed E-state index contributed by atoms with van der Waals surface area (Å²) < 4.78 is 5.10. The van der Waals surface area contributed by atoms with Gasteiger partial charge in [0.2, 0.25) is 0 Å². The smallest absolute Gasteiger partial charge is 0.345 e. The van der Waals surface area contributed by atoms with Crippen molar-refractivity contribution in [2.24, 2.45) is 5.41 Å². The van der Waals surface area contributed by atoms with Gasteiger partial charge in [0.05, 0.1) is 6.61 Å². The molecular formula is C55H104O7. The van der Waals surface area contributed by atoms with Crippen LogP contribution in [0.15, 0.2) is 0 Å². The molecule has 1 unspecified atom stereocenters. The highest BCUT2D eigenvalue weighted by molar-refractivity contribution is 6.23. The summed E-state index contributed by atoms with van der Waals surface area (Å²) in [5.74, 6) is -3.36. The molecule has 2 N–H and O–H groups in total. The quantitative estimate of drug-likeness (QED) is 0.0355. The van der Waals surface area contributed by atoms with Crippen LogP contribution in [-0.4, -0.2) is 46.4 Å². The maximum absolute atomic E-state index is 14.3. The zero-order valence-electron chi connectivity index (χ0n) is 41.5. The zero-order chi connectivity index (χ0) is 45.6. The van der Waals surface area contributed by atoms with E-state index in [2.05, 4.69) is 20.8 Å². The van der Waals surface area contributed by atoms with Crippen molar-refractivity contribution >= 4 is 23.5 Å².